The maximum absolute atomic E-state index is 3.88. The van der Waals surface area contributed by atoms with Crippen LogP contribution in [0.1, 0.15) is 38.2 Å². The van der Waals surface area contributed by atoms with E-state index in [0.29, 0.717) is 6.04 Å². The van der Waals surface area contributed by atoms with Crippen molar-refractivity contribution in [3.05, 3.63) is 29.8 Å². The molecule has 4 rings (SSSR count). The van der Waals surface area contributed by atoms with Crippen LogP contribution in [0, 0.1) is 11.8 Å². The van der Waals surface area contributed by atoms with Gasteiger partial charge in [-0.1, -0.05) is 18.2 Å². The fourth-order valence-electron chi connectivity index (χ4n) is 3.95. The van der Waals surface area contributed by atoms with Crippen LogP contribution in [0.5, 0.6) is 0 Å². The average Bonchev–Trinajstić information content (AvgIpc) is 3.34. The standard InChI is InChI=1S/C18H26N2/c1-13-12-16-4-2-3-5-17(16)20(13)11-10-19-18(14-6-7-14)15-8-9-15/h2-5,13-15,18-19H,6-12H2,1H3. The van der Waals surface area contributed by atoms with Crippen molar-refractivity contribution in [3.63, 3.8) is 0 Å². The fraction of sp³-hybridized carbons (Fsp3) is 0.667. The lowest BCUT2D eigenvalue weighted by Gasteiger charge is -2.27. The quantitative estimate of drug-likeness (QED) is 0.854. The van der Waals surface area contributed by atoms with Crippen molar-refractivity contribution in [2.45, 2.75) is 51.1 Å². The molecule has 1 aliphatic heterocycles. The minimum Gasteiger partial charge on any atom is -0.367 e. The number of hydrogen-bond acceptors (Lipinski definition) is 2. The molecule has 108 valence electrons. The normalized spacial score (nSPS) is 25.3. The van der Waals surface area contributed by atoms with Gasteiger partial charge < -0.3 is 10.2 Å². The molecule has 0 spiro atoms. The third-order valence-corrected chi connectivity index (χ3v) is 5.34. The van der Waals surface area contributed by atoms with E-state index in [0.717, 1.165) is 31.0 Å². The van der Waals surface area contributed by atoms with E-state index in [1.165, 1.54) is 43.4 Å². The van der Waals surface area contributed by atoms with Crippen molar-refractivity contribution in [1.29, 1.82) is 0 Å². The Labute approximate surface area is 122 Å². The van der Waals surface area contributed by atoms with Gasteiger partial charge in [-0.3, -0.25) is 0 Å². The topological polar surface area (TPSA) is 15.3 Å². The molecule has 1 atom stereocenters. The monoisotopic (exact) mass is 270 g/mol. The first-order chi connectivity index (χ1) is 9.83. The molecular formula is C18H26N2. The molecule has 20 heavy (non-hydrogen) atoms. The summed E-state index contributed by atoms with van der Waals surface area (Å²) in [5.74, 6) is 2.01. The third kappa shape index (κ3) is 2.46. The Hall–Kier alpha value is -1.02. The highest BCUT2D eigenvalue weighted by molar-refractivity contribution is 5.59. The molecule has 2 heteroatoms. The molecule has 2 saturated carbocycles. The summed E-state index contributed by atoms with van der Waals surface area (Å²) in [5.41, 5.74) is 3.00. The van der Waals surface area contributed by atoms with Crippen molar-refractivity contribution in [3.8, 4) is 0 Å². The fourth-order valence-corrected chi connectivity index (χ4v) is 3.95. The third-order valence-electron chi connectivity index (χ3n) is 5.34. The van der Waals surface area contributed by atoms with Gasteiger partial charge in [-0.05, 0) is 62.5 Å². The van der Waals surface area contributed by atoms with Gasteiger partial charge in [0, 0.05) is 30.9 Å². The van der Waals surface area contributed by atoms with Crippen LogP contribution < -0.4 is 10.2 Å². The molecule has 1 unspecified atom stereocenters. The van der Waals surface area contributed by atoms with E-state index in [4.69, 9.17) is 0 Å². The molecule has 1 aromatic carbocycles. The Morgan fingerprint density at radius 2 is 1.85 bits per heavy atom. The van der Waals surface area contributed by atoms with Crippen molar-refractivity contribution in [1.82, 2.24) is 5.32 Å². The van der Waals surface area contributed by atoms with Crippen LogP contribution in [0.3, 0.4) is 0 Å². The van der Waals surface area contributed by atoms with Crippen molar-refractivity contribution in [2.75, 3.05) is 18.0 Å². The number of anilines is 1. The molecule has 1 N–H and O–H groups in total. The van der Waals surface area contributed by atoms with Gasteiger partial charge in [0.2, 0.25) is 0 Å². The smallest absolute Gasteiger partial charge is 0.0402 e. The van der Waals surface area contributed by atoms with Gasteiger partial charge in [-0.2, -0.15) is 0 Å². The largest absolute Gasteiger partial charge is 0.367 e. The molecule has 2 fully saturated rings. The van der Waals surface area contributed by atoms with E-state index in [1.54, 1.807) is 0 Å². The molecule has 0 aromatic heterocycles. The molecule has 2 aliphatic carbocycles. The second-order valence-corrected chi connectivity index (χ2v) is 7.03. The average molecular weight is 270 g/mol. The summed E-state index contributed by atoms with van der Waals surface area (Å²) in [6, 6.07) is 10.4. The lowest BCUT2D eigenvalue weighted by molar-refractivity contribution is 0.418. The Morgan fingerprint density at radius 3 is 2.55 bits per heavy atom. The Kier molecular flexibility index (Phi) is 3.22. The first kappa shape index (κ1) is 12.7. The minimum absolute atomic E-state index is 0.662. The summed E-state index contributed by atoms with van der Waals surface area (Å²) < 4.78 is 0. The Morgan fingerprint density at radius 1 is 1.15 bits per heavy atom. The van der Waals surface area contributed by atoms with E-state index in [9.17, 15) is 0 Å². The van der Waals surface area contributed by atoms with E-state index >= 15 is 0 Å². The van der Waals surface area contributed by atoms with E-state index in [-0.39, 0.29) is 0 Å². The van der Waals surface area contributed by atoms with Crippen LogP contribution in [0.4, 0.5) is 5.69 Å². The molecule has 0 radical (unpaired) electrons. The second-order valence-electron chi connectivity index (χ2n) is 7.03. The molecule has 0 saturated heterocycles. The van der Waals surface area contributed by atoms with Gasteiger partial charge >= 0.3 is 0 Å². The maximum Gasteiger partial charge on any atom is 0.0402 e. The first-order valence-corrected chi connectivity index (χ1v) is 8.41. The highest BCUT2D eigenvalue weighted by Crippen LogP contribution is 2.44. The van der Waals surface area contributed by atoms with Crippen molar-refractivity contribution in [2.24, 2.45) is 11.8 Å². The van der Waals surface area contributed by atoms with E-state index in [1.807, 2.05) is 0 Å². The van der Waals surface area contributed by atoms with Crippen LogP contribution in [0.15, 0.2) is 24.3 Å². The molecule has 0 bridgehead atoms. The number of para-hydroxylation sites is 1. The molecule has 0 amide bonds. The maximum atomic E-state index is 3.88. The first-order valence-electron chi connectivity index (χ1n) is 8.41. The summed E-state index contributed by atoms with van der Waals surface area (Å²) in [4.78, 5) is 2.60. The summed E-state index contributed by atoms with van der Waals surface area (Å²) in [6.45, 7) is 4.67. The zero-order valence-electron chi connectivity index (χ0n) is 12.5. The van der Waals surface area contributed by atoms with Gasteiger partial charge in [-0.15, -0.1) is 0 Å². The van der Waals surface area contributed by atoms with Crippen LogP contribution in [-0.4, -0.2) is 25.2 Å². The van der Waals surface area contributed by atoms with Crippen LogP contribution in [0.25, 0.3) is 0 Å². The predicted octanol–water partition coefficient (Wildman–Crippen LogP) is 3.22. The van der Waals surface area contributed by atoms with Crippen molar-refractivity contribution >= 4 is 5.69 Å². The lowest BCUT2D eigenvalue weighted by Crippen LogP contribution is -2.41. The predicted molar refractivity (Wildman–Crippen MR) is 84.2 cm³/mol. The number of nitrogens with one attached hydrogen (secondary N) is 1. The van der Waals surface area contributed by atoms with E-state index in [2.05, 4.69) is 41.4 Å². The number of fused-ring (bicyclic) bond motifs is 1. The van der Waals surface area contributed by atoms with Gasteiger partial charge in [-0.25, -0.2) is 0 Å². The summed E-state index contributed by atoms with van der Waals surface area (Å²) in [6.07, 6.45) is 7.09. The van der Waals surface area contributed by atoms with Gasteiger partial charge in [0.1, 0.15) is 0 Å². The number of nitrogens with zero attached hydrogens (tertiary/aromatic N) is 1. The number of benzene rings is 1. The zero-order valence-corrected chi connectivity index (χ0v) is 12.5. The second kappa shape index (κ2) is 5.07. The molecule has 3 aliphatic rings. The van der Waals surface area contributed by atoms with Crippen molar-refractivity contribution < 1.29 is 0 Å². The molecule has 1 heterocycles. The Bertz CT molecular complexity index is 464. The SMILES string of the molecule is CC1Cc2ccccc2N1CCNC(C1CC1)C1CC1. The summed E-state index contributed by atoms with van der Waals surface area (Å²) in [5, 5.41) is 3.88. The molecular weight excluding hydrogens is 244 g/mol. The highest BCUT2D eigenvalue weighted by atomic mass is 15.2. The van der Waals surface area contributed by atoms with Crippen LogP contribution >= 0.6 is 0 Å². The number of rotatable bonds is 6. The van der Waals surface area contributed by atoms with Crippen LogP contribution in [0.2, 0.25) is 0 Å². The van der Waals surface area contributed by atoms with Gasteiger partial charge in [0.15, 0.2) is 0 Å². The number of hydrogen-bond donors (Lipinski definition) is 1. The lowest BCUT2D eigenvalue weighted by atomic mass is 10.1. The molecule has 2 nitrogen and oxygen atoms in total. The summed E-state index contributed by atoms with van der Waals surface area (Å²) >= 11 is 0. The minimum atomic E-state index is 0.662. The van der Waals surface area contributed by atoms with Crippen LogP contribution in [-0.2, 0) is 6.42 Å². The van der Waals surface area contributed by atoms with Gasteiger partial charge in [0.25, 0.3) is 0 Å². The zero-order chi connectivity index (χ0) is 13.5. The van der Waals surface area contributed by atoms with Gasteiger partial charge in [0.05, 0.1) is 0 Å². The van der Waals surface area contributed by atoms with E-state index < -0.39 is 0 Å². The highest BCUT2D eigenvalue weighted by Gasteiger charge is 2.41. The molecule has 1 aromatic rings. The summed E-state index contributed by atoms with van der Waals surface area (Å²) in [7, 11) is 0. The Balaban J connectivity index is 1.35.